The van der Waals surface area contributed by atoms with Gasteiger partial charge in [0.2, 0.25) is 5.91 Å². The molecule has 1 aliphatic heterocycles. The number of amides is 2. The fraction of sp³-hybridized carbons (Fsp3) is 0.148. The summed E-state index contributed by atoms with van der Waals surface area (Å²) >= 11 is 0.952. The molecule has 0 bridgehead atoms. The summed E-state index contributed by atoms with van der Waals surface area (Å²) in [6.45, 7) is 0. The number of thioether (sulfide) groups is 1. The zero-order valence-electron chi connectivity index (χ0n) is 20.7. The molecule has 0 atom stereocenters. The molecule has 12 heteroatoms. The number of anilines is 2. The maximum absolute atomic E-state index is 13.4. The van der Waals surface area contributed by atoms with Crippen LogP contribution < -0.4 is 24.4 Å². The van der Waals surface area contributed by atoms with E-state index in [0.29, 0.717) is 22.7 Å². The number of halogens is 3. The Hall–Kier alpha value is -4.45. The van der Waals surface area contributed by atoms with Gasteiger partial charge in [-0.15, -0.1) is 13.2 Å². The SMILES string of the molecule is COc1cccc(/C=C2/N=C(SCC(=O)Nc3ccccc3OC(F)(F)F)N(c3ccccc3)C2=O)c1OC. The largest absolute Gasteiger partial charge is 0.573 e. The second kappa shape index (κ2) is 11.9. The molecule has 0 unspecified atom stereocenters. The molecular weight excluding hydrogens is 535 g/mol. The van der Waals surface area contributed by atoms with E-state index in [1.165, 1.54) is 37.3 Å². The van der Waals surface area contributed by atoms with Crippen LogP contribution in [0.5, 0.6) is 17.2 Å². The molecule has 2 amide bonds. The van der Waals surface area contributed by atoms with Gasteiger partial charge < -0.3 is 19.5 Å². The van der Waals surface area contributed by atoms with Gasteiger partial charge in [0.05, 0.1) is 31.3 Å². The number of rotatable bonds is 8. The highest BCUT2D eigenvalue weighted by Gasteiger charge is 2.34. The van der Waals surface area contributed by atoms with Crippen molar-refractivity contribution in [2.45, 2.75) is 6.36 Å². The standard InChI is InChI=1S/C27H22F3N3O5S/c1-36-22-14-8-9-17(24(22)37-2)15-20-25(35)33(18-10-4-3-5-11-18)26(32-20)39-16-23(34)31-19-12-6-7-13-21(19)38-27(28,29)30/h3-15H,16H2,1-2H3,(H,31,34)/b20-15+. The summed E-state index contributed by atoms with van der Waals surface area (Å²) < 4.78 is 52.9. The van der Waals surface area contributed by atoms with Crippen molar-refractivity contribution in [3.8, 4) is 17.2 Å². The average molecular weight is 558 g/mol. The first-order valence-electron chi connectivity index (χ1n) is 11.4. The minimum absolute atomic E-state index is 0.0947. The van der Waals surface area contributed by atoms with Crippen LogP contribution in [0.25, 0.3) is 6.08 Å². The predicted octanol–water partition coefficient (Wildman–Crippen LogP) is 5.72. The van der Waals surface area contributed by atoms with Crippen molar-refractivity contribution in [3.63, 3.8) is 0 Å². The molecule has 0 spiro atoms. The van der Waals surface area contributed by atoms with Crippen LogP contribution in [0.15, 0.2) is 83.5 Å². The van der Waals surface area contributed by atoms with Gasteiger partial charge in [0.25, 0.3) is 5.91 Å². The number of ether oxygens (including phenoxy) is 3. The van der Waals surface area contributed by atoms with Gasteiger partial charge in [0.15, 0.2) is 22.4 Å². The number of aliphatic imine (C=N–C) groups is 1. The number of alkyl halides is 3. The third-order valence-corrected chi connectivity index (χ3v) is 6.23. The number of hydrogen-bond acceptors (Lipinski definition) is 7. The lowest BCUT2D eigenvalue weighted by Gasteiger charge is -2.18. The number of hydrogen-bond donors (Lipinski definition) is 1. The Labute approximate surface area is 226 Å². The molecule has 3 aromatic rings. The fourth-order valence-electron chi connectivity index (χ4n) is 3.67. The van der Waals surface area contributed by atoms with E-state index in [1.54, 1.807) is 54.6 Å². The van der Waals surface area contributed by atoms with Crippen LogP contribution in [-0.4, -0.2) is 43.3 Å². The monoisotopic (exact) mass is 557 g/mol. The van der Waals surface area contributed by atoms with Crippen LogP contribution in [0.4, 0.5) is 24.5 Å². The summed E-state index contributed by atoms with van der Waals surface area (Å²) in [6.07, 6.45) is -3.36. The summed E-state index contributed by atoms with van der Waals surface area (Å²) in [7, 11) is 2.98. The second-order valence-corrected chi connectivity index (χ2v) is 8.81. The number of methoxy groups -OCH3 is 2. The molecule has 0 aliphatic carbocycles. The number of benzene rings is 3. The third-order valence-electron chi connectivity index (χ3n) is 5.29. The molecule has 39 heavy (non-hydrogen) atoms. The zero-order chi connectivity index (χ0) is 28.0. The molecule has 1 heterocycles. The molecule has 1 aliphatic rings. The average Bonchev–Trinajstić information content (AvgIpc) is 3.22. The van der Waals surface area contributed by atoms with Gasteiger partial charge >= 0.3 is 6.36 Å². The first-order valence-corrected chi connectivity index (χ1v) is 12.4. The molecular formula is C27H22F3N3O5S. The highest BCUT2D eigenvalue weighted by atomic mass is 32.2. The topological polar surface area (TPSA) is 89.5 Å². The molecule has 1 N–H and O–H groups in total. The van der Waals surface area contributed by atoms with Crippen molar-refractivity contribution in [1.29, 1.82) is 0 Å². The van der Waals surface area contributed by atoms with E-state index >= 15 is 0 Å². The minimum Gasteiger partial charge on any atom is -0.493 e. The molecule has 0 fully saturated rings. The van der Waals surface area contributed by atoms with Crippen molar-refractivity contribution < 1.29 is 37.0 Å². The van der Waals surface area contributed by atoms with Gasteiger partial charge in [-0.2, -0.15) is 0 Å². The number of amidine groups is 1. The summed E-state index contributed by atoms with van der Waals surface area (Å²) in [5.74, 6) is -0.943. The molecule has 8 nitrogen and oxygen atoms in total. The first-order chi connectivity index (χ1) is 18.7. The lowest BCUT2D eigenvalue weighted by molar-refractivity contribution is -0.274. The van der Waals surface area contributed by atoms with E-state index in [1.807, 2.05) is 0 Å². The Morgan fingerprint density at radius 3 is 2.36 bits per heavy atom. The van der Waals surface area contributed by atoms with Crippen LogP contribution in [-0.2, 0) is 9.59 Å². The van der Waals surface area contributed by atoms with E-state index in [9.17, 15) is 22.8 Å². The zero-order valence-corrected chi connectivity index (χ0v) is 21.5. The van der Waals surface area contributed by atoms with E-state index < -0.39 is 23.9 Å². The summed E-state index contributed by atoms with van der Waals surface area (Å²) in [6, 6.07) is 19.1. The number of nitrogens with zero attached hydrogens (tertiary/aromatic N) is 2. The molecule has 0 saturated heterocycles. The van der Waals surface area contributed by atoms with Crippen molar-refractivity contribution in [1.82, 2.24) is 0 Å². The van der Waals surface area contributed by atoms with Gasteiger partial charge in [-0.05, 0) is 36.4 Å². The predicted molar refractivity (Wildman–Crippen MR) is 143 cm³/mol. The maximum atomic E-state index is 13.4. The summed E-state index contributed by atoms with van der Waals surface area (Å²) in [5.41, 5.74) is 1.04. The van der Waals surface area contributed by atoms with Gasteiger partial charge in [-0.1, -0.05) is 54.2 Å². The maximum Gasteiger partial charge on any atom is 0.573 e. The van der Waals surface area contributed by atoms with Gasteiger partial charge in [0.1, 0.15) is 5.70 Å². The first kappa shape index (κ1) is 27.6. The van der Waals surface area contributed by atoms with E-state index in [0.717, 1.165) is 17.8 Å². The minimum atomic E-state index is -4.92. The van der Waals surface area contributed by atoms with E-state index in [-0.39, 0.29) is 22.3 Å². The molecule has 4 rings (SSSR count). The van der Waals surface area contributed by atoms with Crippen LogP contribution in [0.1, 0.15) is 5.56 Å². The Morgan fingerprint density at radius 2 is 1.67 bits per heavy atom. The van der Waals surface area contributed by atoms with Gasteiger partial charge in [-0.3, -0.25) is 14.5 Å². The molecule has 3 aromatic carbocycles. The van der Waals surface area contributed by atoms with E-state index in [2.05, 4.69) is 15.0 Å². The van der Waals surface area contributed by atoms with Crippen LogP contribution in [0, 0.1) is 0 Å². The van der Waals surface area contributed by atoms with Gasteiger partial charge in [0, 0.05) is 5.56 Å². The van der Waals surface area contributed by atoms with Crippen LogP contribution in [0.3, 0.4) is 0 Å². The Kier molecular flexibility index (Phi) is 8.45. The Morgan fingerprint density at radius 1 is 0.974 bits per heavy atom. The number of nitrogens with one attached hydrogen (secondary N) is 1. The van der Waals surface area contributed by atoms with Gasteiger partial charge in [-0.25, -0.2) is 4.99 Å². The van der Waals surface area contributed by atoms with Crippen molar-refractivity contribution in [3.05, 3.63) is 84.1 Å². The summed E-state index contributed by atoms with van der Waals surface area (Å²) in [5, 5.41) is 2.63. The second-order valence-electron chi connectivity index (χ2n) is 7.86. The number of para-hydroxylation sites is 4. The quantitative estimate of drug-likeness (QED) is 0.357. The van der Waals surface area contributed by atoms with Crippen molar-refractivity contribution >= 4 is 46.2 Å². The number of carbonyl (C=O) groups excluding carboxylic acids is 2. The molecule has 0 aromatic heterocycles. The smallest absolute Gasteiger partial charge is 0.493 e. The highest BCUT2D eigenvalue weighted by Crippen LogP contribution is 2.35. The molecule has 0 radical (unpaired) electrons. The molecule has 0 saturated carbocycles. The van der Waals surface area contributed by atoms with Crippen LogP contribution >= 0.6 is 11.8 Å². The fourth-order valence-corrected chi connectivity index (χ4v) is 4.48. The lowest BCUT2D eigenvalue weighted by Crippen LogP contribution is -2.31. The normalized spacial score (nSPS) is 14.3. The Balaban J connectivity index is 1.59. The van der Waals surface area contributed by atoms with Crippen molar-refractivity contribution in [2.24, 2.45) is 4.99 Å². The lowest BCUT2D eigenvalue weighted by atomic mass is 10.1. The Bertz CT molecular complexity index is 1430. The number of carbonyl (C=O) groups is 2. The molecule has 202 valence electrons. The highest BCUT2D eigenvalue weighted by molar-refractivity contribution is 8.14. The van der Waals surface area contributed by atoms with Crippen LogP contribution in [0.2, 0.25) is 0 Å². The van der Waals surface area contributed by atoms with Crippen molar-refractivity contribution in [2.75, 3.05) is 30.2 Å². The summed E-state index contributed by atoms with van der Waals surface area (Å²) in [4.78, 5) is 31.9. The van der Waals surface area contributed by atoms with E-state index in [4.69, 9.17) is 9.47 Å². The third kappa shape index (κ3) is 6.71.